The summed E-state index contributed by atoms with van der Waals surface area (Å²) in [5.41, 5.74) is 1.66. The Hall–Kier alpha value is -5.96. The minimum Gasteiger partial charge on any atom is -0.464 e. The van der Waals surface area contributed by atoms with Gasteiger partial charge in [0, 0.05) is 72.9 Å². The number of fused-ring (bicyclic) bond motifs is 2. The number of nitrogens with one attached hydrogen (secondary N) is 1. The van der Waals surface area contributed by atoms with Crippen molar-refractivity contribution in [1.82, 2.24) is 19.5 Å². The van der Waals surface area contributed by atoms with Crippen LogP contribution in [0.1, 0.15) is 66.6 Å². The van der Waals surface area contributed by atoms with Crippen LogP contribution in [0.15, 0.2) is 59.6 Å². The van der Waals surface area contributed by atoms with Crippen molar-refractivity contribution in [3.63, 3.8) is 0 Å². The predicted molar refractivity (Wildman–Crippen MR) is 215 cm³/mol. The van der Waals surface area contributed by atoms with E-state index in [0.717, 1.165) is 28.7 Å². The van der Waals surface area contributed by atoms with Crippen molar-refractivity contribution < 1.29 is 43.2 Å². The number of hydrogen-bond acceptors (Lipinski definition) is 15. The van der Waals surface area contributed by atoms with Gasteiger partial charge in [-0.05, 0) is 18.2 Å². The standard InChI is InChI=1S/C20H23N3O6SSi.C14H9N3O5S.2CH4/c1-28-20(25)16-11-30-19(21-16)18(24)15-10-22(12-29-7-8-31(2,3)4)17-9-13(23(26)27)5-6-14(15)17;1-22-14(19)11-6-23-13(16-11)12(18)9-5-15-10-4-7(17(20)21)2-3-8(9)10;;/h5-6,9-11H,7-8,12H2,1-4H3;2-6,15H,1H3;2*1H4. The first-order valence-corrected chi connectivity index (χ1v) is 21.4. The maximum absolute atomic E-state index is 13.1. The molecule has 0 saturated carbocycles. The van der Waals surface area contributed by atoms with Gasteiger partial charge in [-0.25, -0.2) is 19.6 Å². The molecule has 0 saturated heterocycles. The molecule has 56 heavy (non-hydrogen) atoms. The van der Waals surface area contributed by atoms with Crippen LogP contribution in [0.5, 0.6) is 0 Å². The van der Waals surface area contributed by atoms with Crippen molar-refractivity contribution in [3.05, 3.63) is 112 Å². The van der Waals surface area contributed by atoms with Gasteiger partial charge in [0.05, 0.1) is 46.2 Å². The second-order valence-electron chi connectivity index (χ2n) is 12.7. The number of carbonyl (C=O) groups excluding carboxylic acids is 4. The Bertz CT molecular complexity index is 2430. The van der Waals surface area contributed by atoms with Crippen LogP contribution >= 0.6 is 22.7 Å². The third-order valence-electron chi connectivity index (χ3n) is 7.85. The van der Waals surface area contributed by atoms with Crippen molar-refractivity contribution in [2.45, 2.75) is 47.3 Å². The molecule has 0 unspecified atom stereocenters. The van der Waals surface area contributed by atoms with Crippen LogP contribution in [-0.2, 0) is 20.9 Å². The second kappa shape index (κ2) is 18.6. The van der Waals surface area contributed by atoms with Crippen molar-refractivity contribution in [3.8, 4) is 0 Å². The molecule has 0 fully saturated rings. The van der Waals surface area contributed by atoms with E-state index in [4.69, 9.17) is 4.74 Å². The summed E-state index contributed by atoms with van der Waals surface area (Å²) in [6.45, 7) is 7.48. The molecule has 6 rings (SSSR count). The summed E-state index contributed by atoms with van der Waals surface area (Å²) in [5.74, 6) is -1.98. The number of hydrogen-bond donors (Lipinski definition) is 1. The quantitative estimate of drug-likeness (QED) is 0.0290. The molecular weight excluding hydrogens is 785 g/mol. The lowest BCUT2D eigenvalue weighted by atomic mass is 10.1. The van der Waals surface area contributed by atoms with E-state index >= 15 is 0 Å². The Balaban J connectivity index is 0.000000301. The average Bonchev–Trinajstić information content (AvgIpc) is 3.97. The topological polar surface area (TPSA) is 229 Å². The smallest absolute Gasteiger partial charge is 0.357 e. The zero-order chi connectivity index (χ0) is 39.3. The maximum atomic E-state index is 13.1. The Morgan fingerprint density at radius 2 is 1.32 bits per heavy atom. The van der Waals surface area contributed by atoms with Crippen LogP contribution in [0, 0.1) is 20.2 Å². The minimum atomic E-state index is -1.26. The van der Waals surface area contributed by atoms with Gasteiger partial charge >= 0.3 is 11.9 Å². The van der Waals surface area contributed by atoms with E-state index in [1.54, 1.807) is 16.8 Å². The largest absolute Gasteiger partial charge is 0.464 e. The first kappa shape index (κ1) is 44.4. The zero-order valence-electron chi connectivity index (χ0n) is 29.4. The Morgan fingerprint density at radius 3 is 1.84 bits per heavy atom. The lowest BCUT2D eigenvalue weighted by Crippen LogP contribution is -2.21. The van der Waals surface area contributed by atoms with Gasteiger partial charge in [0.2, 0.25) is 11.6 Å². The van der Waals surface area contributed by atoms with Gasteiger partial charge in [-0.1, -0.05) is 34.5 Å². The molecule has 296 valence electrons. The lowest BCUT2D eigenvalue weighted by molar-refractivity contribution is -0.384. The fourth-order valence-electron chi connectivity index (χ4n) is 5.02. The number of ether oxygens (including phenoxy) is 3. The molecule has 0 aliphatic carbocycles. The van der Waals surface area contributed by atoms with Crippen LogP contribution in [-0.4, -0.2) is 81.8 Å². The van der Waals surface area contributed by atoms with Crippen LogP contribution in [0.4, 0.5) is 11.4 Å². The van der Waals surface area contributed by atoms with Crippen LogP contribution in [0.2, 0.25) is 25.7 Å². The third-order valence-corrected chi connectivity index (χ3v) is 11.2. The average molecular weight is 825 g/mol. The molecule has 0 aliphatic rings. The highest BCUT2D eigenvalue weighted by atomic mass is 32.1. The van der Waals surface area contributed by atoms with Crippen LogP contribution in [0.3, 0.4) is 0 Å². The Morgan fingerprint density at radius 1 is 0.804 bits per heavy atom. The number of ketones is 2. The molecule has 20 heteroatoms. The summed E-state index contributed by atoms with van der Waals surface area (Å²) >= 11 is 2.07. The van der Waals surface area contributed by atoms with Gasteiger partial charge in [0.1, 0.15) is 6.73 Å². The van der Waals surface area contributed by atoms with E-state index in [-0.39, 0.29) is 65.9 Å². The molecule has 0 spiro atoms. The van der Waals surface area contributed by atoms with Gasteiger partial charge in [0.15, 0.2) is 21.4 Å². The fourth-order valence-corrected chi connectivity index (χ4v) is 7.26. The van der Waals surface area contributed by atoms with Gasteiger partial charge in [-0.3, -0.25) is 29.8 Å². The minimum absolute atomic E-state index is 0. The molecule has 0 aliphatic heterocycles. The summed E-state index contributed by atoms with van der Waals surface area (Å²) in [6.07, 6.45) is 3.08. The first-order chi connectivity index (χ1) is 25.6. The summed E-state index contributed by atoms with van der Waals surface area (Å²) in [5, 5.41) is 26.3. The molecule has 6 aromatic rings. The number of esters is 2. The number of nitro groups is 2. The fraction of sp³-hybridized carbons (Fsp3) is 0.278. The molecule has 0 atom stereocenters. The summed E-state index contributed by atoms with van der Waals surface area (Å²) < 4.78 is 16.7. The van der Waals surface area contributed by atoms with Crippen molar-refractivity contribution in [2.24, 2.45) is 0 Å². The molecule has 0 bridgehead atoms. The Kier molecular flexibility index (Phi) is 14.7. The number of benzene rings is 2. The number of non-ortho nitro benzene ring substituents is 2. The third kappa shape index (κ3) is 10.0. The van der Waals surface area contributed by atoms with Crippen LogP contribution < -0.4 is 0 Å². The highest BCUT2D eigenvalue weighted by Crippen LogP contribution is 2.29. The van der Waals surface area contributed by atoms with Gasteiger partial charge in [-0.15, -0.1) is 22.7 Å². The van der Waals surface area contributed by atoms with Crippen molar-refractivity contribution >= 4 is 87.4 Å². The van der Waals surface area contributed by atoms with Crippen LogP contribution in [0.25, 0.3) is 21.8 Å². The number of rotatable bonds is 13. The van der Waals surface area contributed by atoms with E-state index in [2.05, 4.69) is 44.1 Å². The number of thiazole rings is 2. The molecule has 1 N–H and O–H groups in total. The summed E-state index contributed by atoms with van der Waals surface area (Å²) in [4.78, 5) is 80.5. The highest BCUT2D eigenvalue weighted by Gasteiger charge is 2.24. The zero-order valence-corrected chi connectivity index (χ0v) is 32.1. The van der Waals surface area contributed by atoms with E-state index in [9.17, 15) is 39.4 Å². The SMILES string of the molecule is C.C.COC(=O)c1csc(C(=O)c2c[nH]c3cc([N+](=O)[O-])ccc23)n1.COC(=O)c1csc(C(=O)c2cn(COCC[Si](C)(C)C)c3cc([N+](=O)[O-])ccc23)n1. The van der Waals surface area contributed by atoms with E-state index in [0.29, 0.717) is 39.5 Å². The van der Waals surface area contributed by atoms with Gasteiger partial charge in [-0.2, -0.15) is 0 Å². The molecule has 2 aromatic carbocycles. The maximum Gasteiger partial charge on any atom is 0.357 e. The summed E-state index contributed by atoms with van der Waals surface area (Å²) in [7, 11) is 1.21. The molecule has 4 heterocycles. The Labute approximate surface area is 329 Å². The van der Waals surface area contributed by atoms with Gasteiger partial charge in [0.25, 0.3) is 11.4 Å². The number of aromatic nitrogens is 4. The van der Waals surface area contributed by atoms with E-state index in [1.165, 1.54) is 61.5 Å². The number of H-pyrrole nitrogens is 1. The molecule has 17 nitrogen and oxygen atoms in total. The summed E-state index contributed by atoms with van der Waals surface area (Å²) in [6, 6.07) is 9.50. The van der Waals surface area contributed by atoms with Crippen molar-refractivity contribution in [2.75, 3.05) is 20.8 Å². The molecular formula is C36H40N6O11S2Si. The predicted octanol–water partition coefficient (Wildman–Crippen LogP) is 8.16. The lowest BCUT2D eigenvalue weighted by Gasteiger charge is -2.15. The number of carbonyl (C=O) groups is 4. The molecule has 0 amide bonds. The normalized spacial score (nSPS) is 10.8. The second-order valence-corrected chi connectivity index (χ2v) is 20.1. The number of nitro benzene ring substituents is 2. The molecule has 0 radical (unpaired) electrons. The number of methoxy groups -OCH3 is 2. The van der Waals surface area contributed by atoms with Crippen molar-refractivity contribution in [1.29, 1.82) is 0 Å². The number of aromatic amines is 1. The molecule has 4 aromatic heterocycles. The van der Waals surface area contributed by atoms with E-state index < -0.39 is 29.9 Å². The monoisotopic (exact) mass is 824 g/mol. The van der Waals surface area contributed by atoms with Gasteiger partial charge < -0.3 is 23.8 Å². The first-order valence-electron chi connectivity index (χ1n) is 15.9. The number of nitrogens with zero attached hydrogens (tertiary/aromatic N) is 5. The highest BCUT2D eigenvalue weighted by molar-refractivity contribution is 7.12. The van der Waals surface area contributed by atoms with E-state index in [1.807, 2.05) is 0 Å².